The first-order valence-electron chi connectivity index (χ1n) is 7.30. The van der Waals surface area contributed by atoms with Gasteiger partial charge in [-0.25, -0.2) is 18.1 Å². The normalized spacial score (nSPS) is 22.4. The fraction of sp³-hybridized carbons (Fsp3) is 0.643. The monoisotopic (exact) mass is 329 g/mol. The van der Waals surface area contributed by atoms with Crippen LogP contribution in [0.5, 0.6) is 0 Å². The Morgan fingerprint density at radius 2 is 2.19 bits per heavy atom. The summed E-state index contributed by atoms with van der Waals surface area (Å²) in [6, 6.07) is 3.36. The van der Waals surface area contributed by atoms with Crippen LogP contribution in [0.3, 0.4) is 0 Å². The van der Waals surface area contributed by atoms with E-state index in [-0.39, 0.29) is 10.9 Å². The second-order valence-electron chi connectivity index (χ2n) is 5.29. The predicted octanol–water partition coefficient (Wildman–Crippen LogP) is 2.47. The first-order valence-corrected chi connectivity index (χ1v) is 10.1. The van der Waals surface area contributed by atoms with Crippen molar-refractivity contribution in [1.29, 1.82) is 0 Å². The largest absolute Gasteiger partial charge is 0.370 e. The first kappa shape index (κ1) is 16.6. The van der Waals surface area contributed by atoms with E-state index < -0.39 is 10.0 Å². The van der Waals surface area contributed by atoms with Gasteiger partial charge in [0.15, 0.2) is 0 Å². The van der Waals surface area contributed by atoms with Gasteiger partial charge in [-0.15, -0.1) is 0 Å². The molecule has 0 aliphatic heterocycles. The van der Waals surface area contributed by atoms with Gasteiger partial charge in [0.05, 0.1) is 0 Å². The van der Waals surface area contributed by atoms with E-state index >= 15 is 0 Å². The summed E-state index contributed by atoms with van der Waals surface area (Å²) < 4.78 is 27.5. The highest BCUT2D eigenvalue weighted by Crippen LogP contribution is 2.29. The van der Waals surface area contributed by atoms with Crippen molar-refractivity contribution in [2.75, 3.05) is 18.1 Å². The second-order valence-corrected chi connectivity index (χ2v) is 8.15. The molecule has 2 atom stereocenters. The SMILES string of the molecule is CCCNc1ccc(S(=O)(=O)NC2CCC(SC)C2)cn1. The Kier molecular flexibility index (Phi) is 5.89. The molecule has 1 aromatic heterocycles. The van der Waals surface area contributed by atoms with E-state index in [0.717, 1.165) is 32.2 Å². The molecule has 1 heterocycles. The summed E-state index contributed by atoms with van der Waals surface area (Å²) in [4.78, 5) is 4.39. The number of rotatable bonds is 7. The maximum atomic E-state index is 12.3. The molecule has 1 fully saturated rings. The van der Waals surface area contributed by atoms with Crippen molar-refractivity contribution in [2.45, 2.75) is 48.8 Å². The van der Waals surface area contributed by atoms with Crippen LogP contribution in [0.1, 0.15) is 32.6 Å². The van der Waals surface area contributed by atoms with Crippen LogP contribution >= 0.6 is 11.8 Å². The van der Waals surface area contributed by atoms with Gasteiger partial charge in [0.2, 0.25) is 10.0 Å². The molecule has 118 valence electrons. The van der Waals surface area contributed by atoms with E-state index in [0.29, 0.717) is 11.1 Å². The molecule has 2 rings (SSSR count). The lowest BCUT2D eigenvalue weighted by Gasteiger charge is -2.13. The highest BCUT2D eigenvalue weighted by molar-refractivity contribution is 7.99. The summed E-state index contributed by atoms with van der Waals surface area (Å²) in [5.41, 5.74) is 0. The molecule has 0 aromatic carbocycles. The van der Waals surface area contributed by atoms with Crippen molar-refractivity contribution in [2.24, 2.45) is 0 Å². The lowest BCUT2D eigenvalue weighted by molar-refractivity contribution is 0.552. The standard InChI is InChI=1S/C14H23N3O2S2/c1-3-8-15-14-7-6-13(10-16-14)21(18,19)17-11-4-5-12(9-11)20-2/h6-7,10-12,17H,3-5,8-9H2,1-2H3,(H,15,16). The molecule has 5 nitrogen and oxygen atoms in total. The molecule has 2 N–H and O–H groups in total. The fourth-order valence-corrected chi connectivity index (χ4v) is 4.47. The Balaban J connectivity index is 1.99. The Bertz CT molecular complexity index is 546. The van der Waals surface area contributed by atoms with Crippen LogP contribution < -0.4 is 10.0 Å². The third-order valence-corrected chi connectivity index (χ3v) is 6.24. The van der Waals surface area contributed by atoms with Gasteiger partial charge in [-0.2, -0.15) is 11.8 Å². The van der Waals surface area contributed by atoms with Crippen LogP contribution in [-0.4, -0.2) is 37.5 Å². The molecular formula is C14H23N3O2S2. The highest BCUT2D eigenvalue weighted by atomic mass is 32.2. The van der Waals surface area contributed by atoms with Gasteiger partial charge >= 0.3 is 0 Å². The van der Waals surface area contributed by atoms with Crippen LogP contribution in [0.25, 0.3) is 0 Å². The Morgan fingerprint density at radius 3 is 2.76 bits per heavy atom. The van der Waals surface area contributed by atoms with Crippen molar-refractivity contribution in [3.05, 3.63) is 18.3 Å². The minimum absolute atomic E-state index is 0.0466. The molecule has 2 unspecified atom stereocenters. The second kappa shape index (κ2) is 7.47. The third kappa shape index (κ3) is 4.59. The molecule has 1 saturated carbocycles. The molecule has 1 aliphatic rings. The van der Waals surface area contributed by atoms with Crippen molar-refractivity contribution < 1.29 is 8.42 Å². The maximum absolute atomic E-state index is 12.3. The molecule has 0 amide bonds. The number of sulfonamides is 1. The quantitative estimate of drug-likeness (QED) is 0.804. The molecule has 1 aliphatic carbocycles. The third-order valence-electron chi connectivity index (χ3n) is 3.64. The number of aromatic nitrogens is 1. The summed E-state index contributed by atoms with van der Waals surface area (Å²) in [6.45, 7) is 2.90. The van der Waals surface area contributed by atoms with Crippen molar-refractivity contribution >= 4 is 27.6 Å². The average Bonchev–Trinajstić information content (AvgIpc) is 2.92. The predicted molar refractivity (Wildman–Crippen MR) is 88.3 cm³/mol. The number of nitrogens with zero attached hydrogens (tertiary/aromatic N) is 1. The molecule has 0 saturated heterocycles. The number of nitrogens with one attached hydrogen (secondary N) is 2. The minimum atomic E-state index is -3.46. The number of anilines is 1. The fourth-order valence-electron chi connectivity index (χ4n) is 2.45. The first-order chi connectivity index (χ1) is 10.0. The van der Waals surface area contributed by atoms with Crippen LogP contribution in [-0.2, 0) is 10.0 Å². The highest BCUT2D eigenvalue weighted by Gasteiger charge is 2.28. The topological polar surface area (TPSA) is 71.1 Å². The van der Waals surface area contributed by atoms with Gasteiger partial charge in [-0.05, 0) is 44.1 Å². The van der Waals surface area contributed by atoms with E-state index in [1.54, 1.807) is 12.1 Å². The number of hydrogen-bond acceptors (Lipinski definition) is 5. The van der Waals surface area contributed by atoms with Gasteiger partial charge in [0.25, 0.3) is 0 Å². The lowest BCUT2D eigenvalue weighted by Crippen LogP contribution is -2.33. The molecule has 0 spiro atoms. The summed E-state index contributed by atoms with van der Waals surface area (Å²) in [5.74, 6) is 0.708. The average molecular weight is 329 g/mol. The summed E-state index contributed by atoms with van der Waals surface area (Å²) in [5, 5.41) is 3.70. The minimum Gasteiger partial charge on any atom is -0.370 e. The molecule has 0 radical (unpaired) electrons. The molecule has 1 aromatic rings. The number of hydrogen-bond donors (Lipinski definition) is 2. The summed E-state index contributed by atoms with van der Waals surface area (Å²) in [7, 11) is -3.46. The summed E-state index contributed by atoms with van der Waals surface area (Å²) >= 11 is 1.81. The van der Waals surface area contributed by atoms with Crippen molar-refractivity contribution in [1.82, 2.24) is 9.71 Å². The number of thioether (sulfide) groups is 1. The lowest BCUT2D eigenvalue weighted by atomic mass is 10.3. The molecular weight excluding hydrogens is 306 g/mol. The Labute approximate surface area is 131 Å². The van der Waals surface area contributed by atoms with Gasteiger partial charge in [-0.1, -0.05) is 6.92 Å². The van der Waals surface area contributed by atoms with Crippen molar-refractivity contribution in [3.8, 4) is 0 Å². The van der Waals surface area contributed by atoms with Crippen LogP contribution in [0.4, 0.5) is 5.82 Å². The molecule has 21 heavy (non-hydrogen) atoms. The van der Waals surface area contributed by atoms with Gasteiger partial charge in [0, 0.05) is 24.0 Å². The van der Waals surface area contributed by atoms with Crippen LogP contribution in [0.2, 0.25) is 0 Å². The van der Waals surface area contributed by atoms with Crippen LogP contribution in [0.15, 0.2) is 23.2 Å². The summed E-state index contributed by atoms with van der Waals surface area (Å²) in [6.07, 6.45) is 7.39. The Hall–Kier alpha value is -0.790. The van der Waals surface area contributed by atoms with E-state index in [1.165, 1.54) is 6.20 Å². The van der Waals surface area contributed by atoms with E-state index in [2.05, 4.69) is 28.2 Å². The molecule has 0 bridgehead atoms. The zero-order chi connectivity index (χ0) is 15.3. The van der Waals surface area contributed by atoms with Crippen molar-refractivity contribution in [3.63, 3.8) is 0 Å². The van der Waals surface area contributed by atoms with E-state index in [4.69, 9.17) is 0 Å². The Morgan fingerprint density at radius 1 is 1.38 bits per heavy atom. The molecule has 7 heteroatoms. The smallest absolute Gasteiger partial charge is 0.242 e. The van der Waals surface area contributed by atoms with E-state index in [9.17, 15) is 8.42 Å². The van der Waals surface area contributed by atoms with Gasteiger partial charge in [-0.3, -0.25) is 0 Å². The van der Waals surface area contributed by atoms with Crippen LogP contribution in [0, 0.1) is 0 Å². The van der Waals surface area contributed by atoms with Gasteiger partial charge < -0.3 is 5.32 Å². The zero-order valence-corrected chi connectivity index (χ0v) is 14.1. The number of pyridine rings is 1. The van der Waals surface area contributed by atoms with Gasteiger partial charge in [0.1, 0.15) is 10.7 Å². The van der Waals surface area contributed by atoms with E-state index in [1.807, 2.05) is 11.8 Å². The zero-order valence-electron chi connectivity index (χ0n) is 12.5. The maximum Gasteiger partial charge on any atom is 0.242 e.